The molecule has 3 aromatic rings. The van der Waals surface area contributed by atoms with E-state index in [4.69, 9.17) is 4.74 Å². The van der Waals surface area contributed by atoms with E-state index in [1.165, 1.54) is 17.0 Å². The number of nitrogens with one attached hydrogen (secondary N) is 1. The predicted octanol–water partition coefficient (Wildman–Crippen LogP) is 2.80. The van der Waals surface area contributed by atoms with E-state index < -0.39 is 17.0 Å². The van der Waals surface area contributed by atoms with E-state index >= 15 is 0 Å². The van der Waals surface area contributed by atoms with Crippen molar-refractivity contribution in [3.8, 4) is 11.4 Å². The minimum Gasteiger partial charge on any atom is -0.492 e. The Labute approximate surface area is 169 Å². The first-order chi connectivity index (χ1) is 13.5. The van der Waals surface area contributed by atoms with Crippen LogP contribution in [0.4, 0.5) is 5.69 Å². The number of benzene rings is 2. The number of nitrogens with zero attached hydrogens (tertiary/aromatic N) is 2. The van der Waals surface area contributed by atoms with Crippen LogP contribution in [0.1, 0.15) is 6.92 Å². The van der Waals surface area contributed by atoms with Gasteiger partial charge in [0.15, 0.2) is 0 Å². The SMILES string of the molecule is CCOc1ccccc1-n1ccn(CC(=O)Nc2cccc(Br)c2)c(=O)c1=O. The number of para-hydroxylation sites is 2. The number of aromatic nitrogens is 2. The Hall–Kier alpha value is -3.13. The zero-order valence-electron chi connectivity index (χ0n) is 15.1. The number of carbonyl (C=O) groups is 1. The summed E-state index contributed by atoms with van der Waals surface area (Å²) >= 11 is 3.33. The summed E-state index contributed by atoms with van der Waals surface area (Å²) in [5, 5.41) is 2.69. The first kappa shape index (κ1) is 19.6. The second kappa shape index (κ2) is 8.71. The number of rotatable bonds is 6. The van der Waals surface area contributed by atoms with E-state index in [1.807, 2.05) is 13.0 Å². The lowest BCUT2D eigenvalue weighted by atomic mass is 10.3. The van der Waals surface area contributed by atoms with Gasteiger partial charge < -0.3 is 10.1 Å². The largest absolute Gasteiger partial charge is 0.492 e. The molecule has 0 saturated carbocycles. The summed E-state index contributed by atoms with van der Waals surface area (Å²) in [5.74, 6) is 0.0868. The summed E-state index contributed by atoms with van der Waals surface area (Å²) in [5.41, 5.74) is -0.494. The number of carbonyl (C=O) groups excluding carboxylic acids is 1. The van der Waals surface area contributed by atoms with E-state index in [0.717, 1.165) is 9.04 Å². The number of ether oxygens (including phenoxy) is 1. The maximum atomic E-state index is 12.6. The molecule has 0 aliphatic heterocycles. The summed E-state index contributed by atoms with van der Waals surface area (Å²) in [7, 11) is 0. The number of halogens is 1. The molecule has 28 heavy (non-hydrogen) atoms. The zero-order chi connectivity index (χ0) is 20.1. The normalized spacial score (nSPS) is 10.5. The van der Waals surface area contributed by atoms with Crippen molar-refractivity contribution in [1.29, 1.82) is 0 Å². The Kier molecular flexibility index (Phi) is 6.10. The van der Waals surface area contributed by atoms with Crippen LogP contribution in [0, 0.1) is 0 Å². The molecule has 3 rings (SSSR count). The Morgan fingerprint density at radius 2 is 1.86 bits per heavy atom. The highest BCUT2D eigenvalue weighted by Gasteiger charge is 2.13. The summed E-state index contributed by atoms with van der Waals surface area (Å²) in [4.78, 5) is 37.3. The fraction of sp³-hybridized carbons (Fsp3) is 0.150. The average molecular weight is 444 g/mol. The minimum atomic E-state index is -0.793. The first-order valence-corrected chi connectivity index (χ1v) is 9.38. The highest BCUT2D eigenvalue weighted by Crippen LogP contribution is 2.20. The Bertz CT molecular complexity index is 1120. The van der Waals surface area contributed by atoms with Crippen LogP contribution in [0.5, 0.6) is 5.75 Å². The lowest BCUT2D eigenvalue weighted by Gasteiger charge is -2.13. The topological polar surface area (TPSA) is 82.3 Å². The van der Waals surface area contributed by atoms with Crippen LogP contribution in [0.15, 0.2) is 75.0 Å². The molecule has 8 heteroatoms. The quantitative estimate of drug-likeness (QED) is 0.593. The number of amides is 1. The molecule has 0 radical (unpaired) electrons. The van der Waals surface area contributed by atoms with Crippen molar-refractivity contribution in [2.24, 2.45) is 0 Å². The molecule has 144 valence electrons. The third kappa shape index (κ3) is 4.40. The maximum absolute atomic E-state index is 12.6. The molecular weight excluding hydrogens is 426 g/mol. The van der Waals surface area contributed by atoms with E-state index in [2.05, 4.69) is 21.2 Å². The van der Waals surface area contributed by atoms with Crippen LogP contribution in [-0.2, 0) is 11.3 Å². The van der Waals surface area contributed by atoms with Gasteiger partial charge >= 0.3 is 11.1 Å². The average Bonchev–Trinajstić information content (AvgIpc) is 2.67. The van der Waals surface area contributed by atoms with Gasteiger partial charge in [-0.2, -0.15) is 0 Å². The standard InChI is InChI=1S/C20H18BrN3O4/c1-2-28-17-9-4-3-8-16(17)24-11-10-23(19(26)20(24)27)13-18(25)22-15-7-5-6-14(21)12-15/h3-12H,2,13H2,1H3,(H,22,25). The minimum absolute atomic E-state index is 0.269. The molecule has 0 saturated heterocycles. The molecule has 0 bridgehead atoms. The van der Waals surface area contributed by atoms with Gasteiger partial charge in [0.1, 0.15) is 12.3 Å². The van der Waals surface area contributed by atoms with Gasteiger partial charge in [0.05, 0.1) is 12.3 Å². The third-order valence-electron chi connectivity index (χ3n) is 3.91. The van der Waals surface area contributed by atoms with Crippen molar-refractivity contribution >= 4 is 27.5 Å². The fourth-order valence-electron chi connectivity index (χ4n) is 2.68. The van der Waals surface area contributed by atoms with Crippen molar-refractivity contribution in [3.63, 3.8) is 0 Å². The van der Waals surface area contributed by atoms with Gasteiger partial charge in [0.2, 0.25) is 5.91 Å². The molecule has 0 atom stereocenters. The molecule has 0 fully saturated rings. The first-order valence-electron chi connectivity index (χ1n) is 8.59. The molecule has 0 aliphatic rings. The van der Waals surface area contributed by atoms with E-state index in [1.54, 1.807) is 42.5 Å². The smallest absolute Gasteiger partial charge is 0.321 e. The molecule has 0 spiro atoms. The highest BCUT2D eigenvalue weighted by molar-refractivity contribution is 9.10. The Morgan fingerprint density at radius 3 is 2.61 bits per heavy atom. The van der Waals surface area contributed by atoms with Crippen molar-refractivity contribution in [2.75, 3.05) is 11.9 Å². The van der Waals surface area contributed by atoms with Crippen molar-refractivity contribution in [2.45, 2.75) is 13.5 Å². The summed E-state index contributed by atoms with van der Waals surface area (Å²) in [6, 6.07) is 14.0. The lowest BCUT2D eigenvalue weighted by molar-refractivity contribution is -0.116. The molecule has 0 unspecified atom stereocenters. The van der Waals surface area contributed by atoms with Crippen LogP contribution in [0.25, 0.3) is 5.69 Å². The number of hydrogen-bond acceptors (Lipinski definition) is 4. The second-order valence-corrected chi connectivity index (χ2v) is 6.78. The molecule has 1 amide bonds. The Morgan fingerprint density at radius 1 is 1.07 bits per heavy atom. The van der Waals surface area contributed by atoms with Gasteiger partial charge in [-0.05, 0) is 37.3 Å². The molecule has 1 aromatic heterocycles. The van der Waals surface area contributed by atoms with Gasteiger partial charge in [-0.1, -0.05) is 34.1 Å². The lowest BCUT2D eigenvalue weighted by Crippen LogP contribution is -2.41. The molecule has 1 N–H and O–H groups in total. The molecule has 2 aromatic carbocycles. The van der Waals surface area contributed by atoms with Gasteiger partial charge in [-0.25, -0.2) is 0 Å². The molecular formula is C20H18BrN3O4. The van der Waals surface area contributed by atoms with Crippen LogP contribution < -0.4 is 21.2 Å². The fourth-order valence-corrected chi connectivity index (χ4v) is 3.08. The second-order valence-electron chi connectivity index (χ2n) is 5.87. The van der Waals surface area contributed by atoms with Crippen LogP contribution in [0.3, 0.4) is 0 Å². The van der Waals surface area contributed by atoms with E-state index in [-0.39, 0.29) is 6.54 Å². The summed E-state index contributed by atoms with van der Waals surface area (Å²) < 4.78 is 8.64. The van der Waals surface area contributed by atoms with Gasteiger partial charge in [-0.15, -0.1) is 0 Å². The summed E-state index contributed by atoms with van der Waals surface area (Å²) in [6.45, 7) is 1.99. The highest BCUT2D eigenvalue weighted by atomic mass is 79.9. The van der Waals surface area contributed by atoms with Gasteiger partial charge in [0.25, 0.3) is 0 Å². The molecule has 1 heterocycles. The monoisotopic (exact) mass is 443 g/mol. The van der Waals surface area contributed by atoms with Crippen molar-refractivity contribution < 1.29 is 9.53 Å². The van der Waals surface area contributed by atoms with Gasteiger partial charge in [-0.3, -0.25) is 23.5 Å². The van der Waals surface area contributed by atoms with Crippen molar-refractivity contribution in [3.05, 3.63) is 86.1 Å². The molecule has 0 aliphatic carbocycles. The van der Waals surface area contributed by atoms with Crippen LogP contribution in [-0.4, -0.2) is 21.6 Å². The summed E-state index contributed by atoms with van der Waals surface area (Å²) in [6.07, 6.45) is 2.86. The van der Waals surface area contributed by atoms with Gasteiger partial charge in [0, 0.05) is 22.6 Å². The van der Waals surface area contributed by atoms with E-state index in [9.17, 15) is 14.4 Å². The van der Waals surface area contributed by atoms with E-state index in [0.29, 0.717) is 23.7 Å². The Balaban J connectivity index is 1.86. The molecule has 7 nitrogen and oxygen atoms in total. The van der Waals surface area contributed by atoms with Crippen LogP contribution in [0.2, 0.25) is 0 Å². The van der Waals surface area contributed by atoms with Crippen molar-refractivity contribution in [1.82, 2.24) is 9.13 Å². The number of anilines is 1. The predicted molar refractivity (Wildman–Crippen MR) is 110 cm³/mol. The third-order valence-corrected chi connectivity index (χ3v) is 4.40. The van der Waals surface area contributed by atoms with Crippen LogP contribution >= 0.6 is 15.9 Å². The zero-order valence-corrected chi connectivity index (χ0v) is 16.7. The maximum Gasteiger partial charge on any atom is 0.321 e. The number of hydrogen-bond donors (Lipinski definition) is 1.